The Labute approximate surface area is 119 Å². The van der Waals surface area contributed by atoms with Crippen LogP contribution in [0.1, 0.15) is 10.4 Å². The number of carbonyl (C=O) groups is 1. The number of aromatic nitrogens is 3. The molecule has 106 valence electrons. The number of benzene rings is 1. The summed E-state index contributed by atoms with van der Waals surface area (Å²) in [6, 6.07) is 7.33. The lowest BCUT2D eigenvalue weighted by Crippen LogP contribution is -2.14. The van der Waals surface area contributed by atoms with Gasteiger partial charge in [-0.15, -0.1) is 0 Å². The Morgan fingerprint density at radius 1 is 1.29 bits per heavy atom. The van der Waals surface area contributed by atoms with Crippen molar-refractivity contribution < 1.29 is 9.21 Å². The molecular formula is C13H12N6O2. The largest absolute Gasteiger partial charge is 0.444 e. The van der Waals surface area contributed by atoms with E-state index in [9.17, 15) is 4.79 Å². The molecule has 0 radical (unpaired) electrons. The Morgan fingerprint density at radius 3 is 2.67 bits per heavy atom. The minimum atomic E-state index is -0.651. The summed E-state index contributed by atoms with van der Waals surface area (Å²) in [7, 11) is 0. The van der Waals surface area contributed by atoms with Crippen LogP contribution in [0.25, 0.3) is 11.3 Å². The molecule has 8 nitrogen and oxygen atoms in total. The summed E-state index contributed by atoms with van der Waals surface area (Å²) in [6.45, 7) is 0. The van der Waals surface area contributed by atoms with Gasteiger partial charge in [-0.1, -0.05) is 0 Å². The molecule has 8 heteroatoms. The SMILES string of the molecule is NC(=O)c1c(Nc2ccc(-c3cnco3)cc2)n[nH]c1N. The lowest BCUT2D eigenvalue weighted by Gasteiger charge is -2.05. The van der Waals surface area contributed by atoms with Crippen molar-refractivity contribution in [3.8, 4) is 11.3 Å². The number of rotatable bonds is 4. The summed E-state index contributed by atoms with van der Waals surface area (Å²) >= 11 is 0. The van der Waals surface area contributed by atoms with Crippen LogP contribution in [-0.2, 0) is 0 Å². The van der Waals surface area contributed by atoms with E-state index in [1.165, 1.54) is 6.39 Å². The smallest absolute Gasteiger partial charge is 0.256 e. The molecule has 1 aromatic carbocycles. The van der Waals surface area contributed by atoms with Crippen LogP contribution < -0.4 is 16.8 Å². The molecule has 3 aromatic rings. The third-order valence-corrected chi connectivity index (χ3v) is 2.91. The molecule has 2 heterocycles. The van der Waals surface area contributed by atoms with E-state index >= 15 is 0 Å². The first-order valence-corrected chi connectivity index (χ1v) is 6.04. The molecule has 0 aliphatic heterocycles. The highest BCUT2D eigenvalue weighted by Gasteiger charge is 2.16. The molecule has 0 fully saturated rings. The molecule has 0 unspecified atom stereocenters. The fourth-order valence-electron chi connectivity index (χ4n) is 1.91. The van der Waals surface area contributed by atoms with Gasteiger partial charge in [-0.05, 0) is 24.3 Å². The number of carbonyl (C=O) groups excluding carboxylic acids is 1. The van der Waals surface area contributed by atoms with Crippen LogP contribution in [0.15, 0.2) is 41.3 Å². The second-order valence-corrected chi connectivity index (χ2v) is 4.29. The van der Waals surface area contributed by atoms with Gasteiger partial charge in [0.05, 0.1) is 6.20 Å². The summed E-state index contributed by atoms with van der Waals surface area (Å²) < 4.78 is 5.21. The van der Waals surface area contributed by atoms with Crippen LogP contribution in [-0.4, -0.2) is 21.1 Å². The summed E-state index contributed by atoms with van der Waals surface area (Å²) in [4.78, 5) is 15.2. The van der Waals surface area contributed by atoms with Crippen molar-refractivity contribution in [2.45, 2.75) is 0 Å². The van der Waals surface area contributed by atoms with Gasteiger partial charge >= 0.3 is 0 Å². The Balaban J connectivity index is 1.84. The maximum absolute atomic E-state index is 11.3. The number of aromatic amines is 1. The van der Waals surface area contributed by atoms with Gasteiger partial charge < -0.3 is 21.2 Å². The average Bonchev–Trinajstić information content (AvgIpc) is 3.10. The molecule has 0 spiro atoms. The number of nitrogens with zero attached hydrogens (tertiary/aromatic N) is 2. The number of primary amides is 1. The normalized spacial score (nSPS) is 10.5. The van der Waals surface area contributed by atoms with Gasteiger partial charge in [0.1, 0.15) is 11.4 Å². The van der Waals surface area contributed by atoms with Gasteiger partial charge in [-0.25, -0.2) is 4.98 Å². The second-order valence-electron chi connectivity index (χ2n) is 4.29. The number of anilines is 3. The molecule has 0 aliphatic carbocycles. The number of hydrogen-bond donors (Lipinski definition) is 4. The molecule has 6 N–H and O–H groups in total. The van der Waals surface area contributed by atoms with E-state index < -0.39 is 5.91 Å². The average molecular weight is 284 g/mol. The van der Waals surface area contributed by atoms with E-state index in [1.807, 2.05) is 24.3 Å². The van der Waals surface area contributed by atoms with Crippen LogP contribution in [0.5, 0.6) is 0 Å². The molecule has 0 atom stereocenters. The molecular weight excluding hydrogens is 272 g/mol. The summed E-state index contributed by atoms with van der Waals surface area (Å²) in [5, 5.41) is 9.41. The van der Waals surface area contributed by atoms with Gasteiger partial charge in [-0.3, -0.25) is 9.89 Å². The van der Waals surface area contributed by atoms with Crippen molar-refractivity contribution in [2.75, 3.05) is 11.1 Å². The highest BCUT2D eigenvalue weighted by atomic mass is 16.3. The zero-order chi connectivity index (χ0) is 14.8. The molecule has 3 rings (SSSR count). The number of nitrogens with two attached hydrogens (primary N) is 2. The van der Waals surface area contributed by atoms with Crippen LogP contribution in [0.2, 0.25) is 0 Å². The van der Waals surface area contributed by atoms with Crippen molar-refractivity contribution in [3.05, 3.63) is 42.4 Å². The molecule has 0 saturated carbocycles. The van der Waals surface area contributed by atoms with Crippen molar-refractivity contribution in [2.24, 2.45) is 5.73 Å². The highest BCUT2D eigenvalue weighted by Crippen LogP contribution is 2.25. The van der Waals surface area contributed by atoms with Gasteiger partial charge in [0.15, 0.2) is 18.0 Å². The highest BCUT2D eigenvalue weighted by molar-refractivity contribution is 6.02. The van der Waals surface area contributed by atoms with E-state index in [2.05, 4.69) is 20.5 Å². The Kier molecular flexibility index (Phi) is 3.03. The molecule has 0 bridgehead atoms. The zero-order valence-electron chi connectivity index (χ0n) is 10.8. The number of H-pyrrole nitrogens is 1. The van der Waals surface area contributed by atoms with Crippen molar-refractivity contribution >= 4 is 23.2 Å². The number of oxazole rings is 1. The van der Waals surface area contributed by atoms with Gasteiger partial charge in [-0.2, -0.15) is 5.10 Å². The van der Waals surface area contributed by atoms with Gasteiger partial charge in [0.25, 0.3) is 5.91 Å². The Bertz CT molecular complexity index is 761. The van der Waals surface area contributed by atoms with E-state index in [-0.39, 0.29) is 17.2 Å². The van der Waals surface area contributed by atoms with Crippen LogP contribution in [0, 0.1) is 0 Å². The quantitative estimate of drug-likeness (QED) is 0.573. The van der Waals surface area contributed by atoms with Crippen molar-refractivity contribution in [3.63, 3.8) is 0 Å². The maximum atomic E-state index is 11.3. The molecule has 21 heavy (non-hydrogen) atoms. The first kappa shape index (κ1) is 12.7. The third kappa shape index (κ3) is 2.41. The first-order valence-electron chi connectivity index (χ1n) is 6.04. The predicted molar refractivity (Wildman–Crippen MR) is 76.7 cm³/mol. The van der Waals surface area contributed by atoms with Crippen LogP contribution >= 0.6 is 0 Å². The lowest BCUT2D eigenvalue weighted by molar-refractivity contribution is 0.100. The number of amides is 1. The zero-order valence-corrected chi connectivity index (χ0v) is 10.8. The second kappa shape index (κ2) is 5.00. The number of nitrogen functional groups attached to an aromatic ring is 1. The Morgan fingerprint density at radius 2 is 2.05 bits per heavy atom. The Hall–Kier alpha value is -3.29. The van der Waals surface area contributed by atoms with Gasteiger partial charge in [0, 0.05) is 11.3 Å². The molecule has 0 aliphatic rings. The fraction of sp³-hybridized carbons (Fsp3) is 0. The van der Waals surface area contributed by atoms with Crippen molar-refractivity contribution in [1.82, 2.24) is 15.2 Å². The predicted octanol–water partition coefficient (Wildman–Crippen LogP) is 1.49. The first-order chi connectivity index (χ1) is 10.1. The van der Waals surface area contributed by atoms with Crippen molar-refractivity contribution in [1.29, 1.82) is 0 Å². The summed E-state index contributed by atoms with van der Waals surface area (Å²) in [5.74, 6) is 0.432. The fourth-order valence-corrected chi connectivity index (χ4v) is 1.91. The van der Waals surface area contributed by atoms with E-state index in [1.54, 1.807) is 6.20 Å². The minimum absolute atomic E-state index is 0.128. The molecule has 0 saturated heterocycles. The molecule has 2 aromatic heterocycles. The third-order valence-electron chi connectivity index (χ3n) is 2.91. The monoisotopic (exact) mass is 284 g/mol. The number of hydrogen-bond acceptors (Lipinski definition) is 6. The minimum Gasteiger partial charge on any atom is -0.444 e. The van der Waals surface area contributed by atoms with Gasteiger partial charge in [0.2, 0.25) is 0 Å². The standard InChI is InChI=1S/C13H12N6O2/c14-11-10(12(15)20)13(19-18-11)17-8-3-1-7(2-4-8)9-5-16-6-21-9/h1-6H,(H2,15,20)(H4,14,17,18,19). The van der Waals surface area contributed by atoms with E-state index in [4.69, 9.17) is 15.9 Å². The van der Waals surface area contributed by atoms with E-state index in [0.29, 0.717) is 5.76 Å². The lowest BCUT2D eigenvalue weighted by atomic mass is 10.1. The summed E-state index contributed by atoms with van der Waals surface area (Å²) in [5.41, 5.74) is 12.6. The number of nitrogens with one attached hydrogen (secondary N) is 2. The van der Waals surface area contributed by atoms with Crippen LogP contribution in [0.4, 0.5) is 17.3 Å². The maximum Gasteiger partial charge on any atom is 0.256 e. The topological polar surface area (TPSA) is 136 Å². The summed E-state index contributed by atoms with van der Waals surface area (Å²) in [6.07, 6.45) is 3.00. The molecule has 1 amide bonds. The van der Waals surface area contributed by atoms with Crippen LogP contribution in [0.3, 0.4) is 0 Å². The van der Waals surface area contributed by atoms with E-state index in [0.717, 1.165) is 11.3 Å².